The molecular weight excluding hydrogens is 350 g/mol. The minimum absolute atomic E-state index is 0.0903. The standard InChI is InChI=1S/C20H24ClN3O2/c1-4-15-7-5-6-8-17(15)22-19(25)12-24(3)13-20(26)23-18-10-9-14(2)11-16(18)21/h5-11H,4,12-13H2,1-3H3,(H,22,25)(H,23,26). The van der Waals surface area contributed by atoms with Crippen LogP contribution in [0, 0.1) is 6.92 Å². The molecule has 0 bridgehead atoms. The highest BCUT2D eigenvalue weighted by Gasteiger charge is 2.13. The lowest BCUT2D eigenvalue weighted by atomic mass is 10.1. The fourth-order valence-electron chi connectivity index (χ4n) is 2.60. The highest BCUT2D eigenvalue weighted by Crippen LogP contribution is 2.22. The Bertz CT molecular complexity index is 792. The highest BCUT2D eigenvalue weighted by atomic mass is 35.5. The van der Waals surface area contributed by atoms with Crippen molar-refractivity contribution in [2.24, 2.45) is 0 Å². The number of anilines is 2. The third-order valence-electron chi connectivity index (χ3n) is 3.90. The van der Waals surface area contributed by atoms with Crippen LogP contribution in [-0.2, 0) is 16.0 Å². The molecule has 2 amide bonds. The molecule has 2 aromatic rings. The number of rotatable bonds is 7. The van der Waals surface area contributed by atoms with Crippen LogP contribution in [0.2, 0.25) is 5.02 Å². The first-order chi connectivity index (χ1) is 12.4. The number of hydrogen-bond donors (Lipinski definition) is 2. The van der Waals surface area contributed by atoms with E-state index in [9.17, 15) is 9.59 Å². The van der Waals surface area contributed by atoms with E-state index >= 15 is 0 Å². The van der Waals surface area contributed by atoms with Gasteiger partial charge in [-0.25, -0.2) is 0 Å². The van der Waals surface area contributed by atoms with Gasteiger partial charge in [0.05, 0.1) is 23.8 Å². The molecule has 0 aliphatic heterocycles. The van der Waals surface area contributed by atoms with Gasteiger partial charge in [-0.15, -0.1) is 0 Å². The van der Waals surface area contributed by atoms with Crippen LogP contribution in [0.4, 0.5) is 11.4 Å². The molecule has 2 rings (SSSR count). The number of nitrogens with zero attached hydrogens (tertiary/aromatic N) is 1. The minimum Gasteiger partial charge on any atom is -0.325 e. The molecule has 0 unspecified atom stereocenters. The Morgan fingerprint density at radius 2 is 1.62 bits per heavy atom. The van der Waals surface area contributed by atoms with Gasteiger partial charge in [-0.2, -0.15) is 0 Å². The summed E-state index contributed by atoms with van der Waals surface area (Å²) in [7, 11) is 1.72. The summed E-state index contributed by atoms with van der Waals surface area (Å²) in [6, 6.07) is 13.1. The van der Waals surface area contributed by atoms with Gasteiger partial charge in [0.2, 0.25) is 11.8 Å². The van der Waals surface area contributed by atoms with E-state index in [1.54, 1.807) is 24.1 Å². The molecule has 2 N–H and O–H groups in total. The molecule has 0 heterocycles. The molecule has 6 heteroatoms. The highest BCUT2D eigenvalue weighted by molar-refractivity contribution is 6.33. The summed E-state index contributed by atoms with van der Waals surface area (Å²) in [5.74, 6) is -0.380. The molecule has 0 fully saturated rings. The van der Waals surface area contributed by atoms with Crippen molar-refractivity contribution in [2.75, 3.05) is 30.8 Å². The number of aryl methyl sites for hydroxylation is 2. The van der Waals surface area contributed by atoms with Gasteiger partial charge < -0.3 is 10.6 Å². The fourth-order valence-corrected chi connectivity index (χ4v) is 2.88. The first kappa shape index (κ1) is 19.9. The van der Waals surface area contributed by atoms with E-state index in [0.29, 0.717) is 10.7 Å². The Kier molecular flexibility index (Phi) is 7.18. The molecule has 0 saturated heterocycles. The first-order valence-electron chi connectivity index (χ1n) is 8.51. The first-order valence-corrected chi connectivity index (χ1v) is 8.89. The molecule has 0 aliphatic carbocycles. The van der Waals surface area contributed by atoms with Crippen molar-refractivity contribution in [1.29, 1.82) is 0 Å². The van der Waals surface area contributed by atoms with Gasteiger partial charge >= 0.3 is 0 Å². The van der Waals surface area contributed by atoms with Crippen molar-refractivity contribution in [3.8, 4) is 0 Å². The Labute approximate surface area is 159 Å². The average Bonchev–Trinajstić information content (AvgIpc) is 2.57. The normalized spacial score (nSPS) is 10.7. The predicted molar refractivity (Wildman–Crippen MR) is 107 cm³/mol. The number of amides is 2. The van der Waals surface area contributed by atoms with Crippen molar-refractivity contribution in [1.82, 2.24) is 4.90 Å². The van der Waals surface area contributed by atoms with E-state index in [1.807, 2.05) is 44.2 Å². The van der Waals surface area contributed by atoms with Gasteiger partial charge in [0.15, 0.2) is 0 Å². The zero-order chi connectivity index (χ0) is 19.1. The zero-order valence-corrected chi connectivity index (χ0v) is 16.1. The molecule has 0 radical (unpaired) electrons. The van der Waals surface area contributed by atoms with Gasteiger partial charge in [0.25, 0.3) is 0 Å². The van der Waals surface area contributed by atoms with Gasteiger partial charge in [-0.1, -0.05) is 42.8 Å². The van der Waals surface area contributed by atoms with E-state index in [2.05, 4.69) is 10.6 Å². The van der Waals surface area contributed by atoms with E-state index in [0.717, 1.165) is 23.2 Å². The number of carbonyl (C=O) groups excluding carboxylic acids is 2. The van der Waals surface area contributed by atoms with Crippen LogP contribution in [0.1, 0.15) is 18.1 Å². The van der Waals surface area contributed by atoms with E-state index in [-0.39, 0.29) is 24.9 Å². The Hall–Kier alpha value is -2.37. The van der Waals surface area contributed by atoms with E-state index < -0.39 is 0 Å². The number of hydrogen-bond acceptors (Lipinski definition) is 3. The van der Waals surface area contributed by atoms with Crippen LogP contribution in [0.3, 0.4) is 0 Å². The predicted octanol–water partition coefficient (Wildman–Crippen LogP) is 3.72. The lowest BCUT2D eigenvalue weighted by Gasteiger charge is -2.17. The lowest BCUT2D eigenvalue weighted by molar-refractivity contribution is -0.119. The number of halogens is 1. The summed E-state index contributed by atoms with van der Waals surface area (Å²) in [6.07, 6.45) is 0.839. The van der Waals surface area contributed by atoms with Gasteiger partial charge in [0, 0.05) is 5.69 Å². The van der Waals surface area contributed by atoms with Crippen molar-refractivity contribution in [2.45, 2.75) is 20.3 Å². The molecule has 26 heavy (non-hydrogen) atoms. The quantitative estimate of drug-likeness (QED) is 0.777. The van der Waals surface area contributed by atoms with Crippen molar-refractivity contribution in [3.63, 3.8) is 0 Å². The molecule has 138 valence electrons. The Morgan fingerprint density at radius 3 is 2.23 bits per heavy atom. The number of benzene rings is 2. The van der Waals surface area contributed by atoms with E-state index in [1.165, 1.54) is 0 Å². The van der Waals surface area contributed by atoms with Gasteiger partial charge in [-0.05, 0) is 49.7 Å². The monoisotopic (exact) mass is 373 g/mol. The van der Waals surface area contributed by atoms with Crippen molar-refractivity contribution in [3.05, 3.63) is 58.6 Å². The van der Waals surface area contributed by atoms with Crippen LogP contribution in [0.5, 0.6) is 0 Å². The largest absolute Gasteiger partial charge is 0.325 e. The number of para-hydroxylation sites is 1. The summed E-state index contributed by atoms with van der Waals surface area (Å²) in [5, 5.41) is 6.16. The Balaban J connectivity index is 1.86. The Morgan fingerprint density at radius 1 is 1.00 bits per heavy atom. The van der Waals surface area contributed by atoms with Gasteiger partial charge in [0.1, 0.15) is 0 Å². The number of nitrogens with one attached hydrogen (secondary N) is 2. The smallest absolute Gasteiger partial charge is 0.238 e. The molecule has 2 aromatic carbocycles. The molecule has 0 atom stereocenters. The van der Waals surface area contributed by atoms with Crippen molar-refractivity contribution < 1.29 is 9.59 Å². The second kappa shape index (κ2) is 9.36. The zero-order valence-electron chi connectivity index (χ0n) is 15.3. The maximum Gasteiger partial charge on any atom is 0.238 e. The summed E-state index contributed by atoms with van der Waals surface area (Å²) >= 11 is 6.12. The second-order valence-corrected chi connectivity index (χ2v) is 6.67. The van der Waals surface area contributed by atoms with Crippen LogP contribution < -0.4 is 10.6 Å². The van der Waals surface area contributed by atoms with E-state index in [4.69, 9.17) is 11.6 Å². The summed E-state index contributed by atoms with van der Waals surface area (Å²) < 4.78 is 0. The molecule has 5 nitrogen and oxygen atoms in total. The number of likely N-dealkylation sites (N-methyl/N-ethyl adjacent to an activating group) is 1. The topological polar surface area (TPSA) is 61.4 Å². The summed E-state index contributed by atoms with van der Waals surface area (Å²) in [5.41, 5.74) is 3.48. The molecule has 0 aliphatic rings. The fraction of sp³-hybridized carbons (Fsp3) is 0.300. The third kappa shape index (κ3) is 5.86. The minimum atomic E-state index is -0.222. The van der Waals surface area contributed by atoms with Gasteiger partial charge in [-0.3, -0.25) is 14.5 Å². The second-order valence-electron chi connectivity index (χ2n) is 6.26. The maximum atomic E-state index is 12.2. The van der Waals surface area contributed by atoms with Crippen LogP contribution in [0.15, 0.2) is 42.5 Å². The van der Waals surface area contributed by atoms with Crippen LogP contribution in [0.25, 0.3) is 0 Å². The van der Waals surface area contributed by atoms with Crippen LogP contribution >= 0.6 is 11.6 Å². The molecular formula is C20H24ClN3O2. The maximum absolute atomic E-state index is 12.2. The summed E-state index contributed by atoms with van der Waals surface area (Å²) in [6.45, 7) is 4.18. The third-order valence-corrected chi connectivity index (χ3v) is 4.21. The molecule has 0 spiro atoms. The molecule has 0 aromatic heterocycles. The van der Waals surface area contributed by atoms with Crippen LogP contribution in [-0.4, -0.2) is 36.9 Å². The molecule has 0 saturated carbocycles. The average molecular weight is 374 g/mol. The van der Waals surface area contributed by atoms with Crippen molar-refractivity contribution >= 4 is 34.8 Å². The lowest BCUT2D eigenvalue weighted by Crippen LogP contribution is -2.36. The number of carbonyl (C=O) groups is 2. The SMILES string of the molecule is CCc1ccccc1NC(=O)CN(C)CC(=O)Nc1ccc(C)cc1Cl. The summed E-state index contributed by atoms with van der Waals surface area (Å²) in [4.78, 5) is 26.0.